The van der Waals surface area contributed by atoms with Crippen molar-refractivity contribution in [3.8, 4) is 0 Å². The summed E-state index contributed by atoms with van der Waals surface area (Å²) in [4.78, 5) is 30.8. The van der Waals surface area contributed by atoms with Crippen molar-refractivity contribution in [3.63, 3.8) is 0 Å². The molecule has 0 saturated carbocycles. The molecule has 0 aliphatic rings. The Labute approximate surface area is 133 Å². The number of nitrogens with one attached hydrogen (secondary N) is 2. The van der Waals surface area contributed by atoms with Crippen LogP contribution in [0, 0.1) is 13.8 Å². The van der Waals surface area contributed by atoms with E-state index in [0.717, 1.165) is 16.9 Å². The number of H-pyrrole nitrogens is 1. The van der Waals surface area contributed by atoms with E-state index in [1.165, 1.54) is 11.8 Å². The molecular formula is C16H19N3O2S. The quantitative estimate of drug-likeness (QED) is 0.657. The fourth-order valence-corrected chi connectivity index (χ4v) is 2.70. The summed E-state index contributed by atoms with van der Waals surface area (Å²) in [7, 11) is 0. The Bertz CT molecular complexity index is 740. The highest BCUT2D eigenvalue weighted by atomic mass is 32.2. The van der Waals surface area contributed by atoms with Crippen LogP contribution in [0.2, 0.25) is 0 Å². The maximum atomic E-state index is 12.0. The predicted molar refractivity (Wildman–Crippen MR) is 89.5 cm³/mol. The van der Waals surface area contributed by atoms with E-state index in [1.54, 1.807) is 6.92 Å². The van der Waals surface area contributed by atoms with Gasteiger partial charge < -0.3 is 10.3 Å². The lowest BCUT2D eigenvalue weighted by molar-refractivity contribution is -0.113. The SMILES string of the molecule is CCc1nc(SCC(=O)Nc2cccc(C)c2)[nH]c(=O)c1C. The molecule has 0 radical (unpaired) electrons. The summed E-state index contributed by atoms with van der Waals surface area (Å²) in [5.74, 6) is 0.0696. The number of thioether (sulfide) groups is 1. The number of hydrogen-bond acceptors (Lipinski definition) is 4. The third-order valence-electron chi connectivity index (χ3n) is 3.21. The molecule has 0 unspecified atom stereocenters. The van der Waals surface area contributed by atoms with Gasteiger partial charge in [-0.25, -0.2) is 4.98 Å². The van der Waals surface area contributed by atoms with Crippen molar-refractivity contribution in [1.82, 2.24) is 9.97 Å². The molecule has 116 valence electrons. The first-order chi connectivity index (χ1) is 10.5. The van der Waals surface area contributed by atoms with Gasteiger partial charge in [-0.3, -0.25) is 9.59 Å². The molecule has 0 atom stereocenters. The number of hydrogen-bond donors (Lipinski definition) is 2. The van der Waals surface area contributed by atoms with Crippen LogP contribution in [0.25, 0.3) is 0 Å². The highest BCUT2D eigenvalue weighted by Crippen LogP contribution is 2.15. The normalized spacial score (nSPS) is 10.5. The number of anilines is 1. The number of aromatic amines is 1. The van der Waals surface area contributed by atoms with Gasteiger partial charge in [0.1, 0.15) is 0 Å². The van der Waals surface area contributed by atoms with E-state index in [4.69, 9.17) is 0 Å². The summed E-state index contributed by atoms with van der Waals surface area (Å²) in [6.07, 6.45) is 0.693. The van der Waals surface area contributed by atoms with Gasteiger partial charge in [-0.2, -0.15) is 0 Å². The van der Waals surface area contributed by atoms with E-state index < -0.39 is 0 Å². The van der Waals surface area contributed by atoms with Gasteiger partial charge in [0.2, 0.25) is 5.91 Å². The summed E-state index contributed by atoms with van der Waals surface area (Å²) in [5.41, 5.74) is 3.11. The van der Waals surface area contributed by atoms with Crippen LogP contribution in [0.4, 0.5) is 5.69 Å². The van der Waals surface area contributed by atoms with Crippen LogP contribution in [0.1, 0.15) is 23.7 Å². The molecule has 0 aliphatic carbocycles. The van der Waals surface area contributed by atoms with Crippen LogP contribution in [-0.2, 0) is 11.2 Å². The Hall–Kier alpha value is -2.08. The fourth-order valence-electron chi connectivity index (χ4n) is 2.02. The van der Waals surface area contributed by atoms with Gasteiger partial charge in [0.05, 0.1) is 11.4 Å². The number of aromatic nitrogens is 2. The molecule has 1 heterocycles. The minimum Gasteiger partial charge on any atom is -0.325 e. The van der Waals surface area contributed by atoms with Crippen LogP contribution in [0.3, 0.4) is 0 Å². The Balaban J connectivity index is 1.99. The molecule has 0 bridgehead atoms. The number of aryl methyl sites for hydroxylation is 2. The standard InChI is InChI=1S/C16H19N3O2S/c1-4-13-11(3)15(21)19-16(18-13)22-9-14(20)17-12-7-5-6-10(2)8-12/h5-8H,4,9H2,1-3H3,(H,17,20)(H,18,19,21). The Morgan fingerprint density at radius 1 is 1.36 bits per heavy atom. The first kappa shape index (κ1) is 16.3. The summed E-state index contributed by atoms with van der Waals surface area (Å²) in [6.45, 7) is 5.68. The average molecular weight is 317 g/mol. The third-order valence-corrected chi connectivity index (χ3v) is 4.08. The average Bonchev–Trinajstić information content (AvgIpc) is 2.48. The van der Waals surface area contributed by atoms with Crippen molar-refractivity contribution in [3.05, 3.63) is 51.4 Å². The molecular weight excluding hydrogens is 298 g/mol. The zero-order valence-corrected chi connectivity index (χ0v) is 13.7. The predicted octanol–water partition coefficient (Wildman–Crippen LogP) is 2.68. The van der Waals surface area contributed by atoms with Crippen molar-refractivity contribution >= 4 is 23.4 Å². The zero-order chi connectivity index (χ0) is 16.1. The number of carbonyl (C=O) groups is 1. The molecule has 2 N–H and O–H groups in total. The number of benzene rings is 1. The topological polar surface area (TPSA) is 74.8 Å². The molecule has 0 saturated heterocycles. The second-order valence-electron chi connectivity index (χ2n) is 5.00. The van der Waals surface area contributed by atoms with Gasteiger partial charge in [0.25, 0.3) is 5.56 Å². The molecule has 0 spiro atoms. The van der Waals surface area contributed by atoms with Crippen LogP contribution in [0.5, 0.6) is 0 Å². The Morgan fingerprint density at radius 2 is 2.14 bits per heavy atom. The van der Waals surface area contributed by atoms with Crippen LogP contribution in [0.15, 0.2) is 34.2 Å². The summed E-state index contributed by atoms with van der Waals surface area (Å²) >= 11 is 1.23. The first-order valence-electron chi connectivity index (χ1n) is 7.08. The van der Waals surface area contributed by atoms with Gasteiger partial charge in [0.15, 0.2) is 5.16 Å². The van der Waals surface area contributed by atoms with Gasteiger partial charge in [-0.15, -0.1) is 0 Å². The number of amides is 1. The first-order valence-corrected chi connectivity index (χ1v) is 8.07. The zero-order valence-electron chi connectivity index (χ0n) is 12.9. The van der Waals surface area contributed by atoms with E-state index in [0.29, 0.717) is 17.1 Å². The molecule has 22 heavy (non-hydrogen) atoms. The molecule has 1 aromatic carbocycles. The molecule has 5 nitrogen and oxygen atoms in total. The highest BCUT2D eigenvalue weighted by molar-refractivity contribution is 7.99. The second-order valence-corrected chi connectivity index (χ2v) is 5.97. The minimum atomic E-state index is -0.145. The van der Waals surface area contributed by atoms with Gasteiger partial charge in [-0.1, -0.05) is 30.8 Å². The molecule has 1 amide bonds. The molecule has 1 aromatic heterocycles. The van der Waals surface area contributed by atoms with Gasteiger partial charge >= 0.3 is 0 Å². The summed E-state index contributed by atoms with van der Waals surface area (Å²) in [6, 6.07) is 7.61. The van der Waals surface area contributed by atoms with E-state index >= 15 is 0 Å². The van der Waals surface area contributed by atoms with E-state index in [9.17, 15) is 9.59 Å². The Morgan fingerprint density at radius 3 is 2.82 bits per heavy atom. The molecule has 2 rings (SSSR count). The smallest absolute Gasteiger partial charge is 0.254 e. The lowest BCUT2D eigenvalue weighted by Gasteiger charge is -2.07. The monoisotopic (exact) mass is 317 g/mol. The summed E-state index contributed by atoms with van der Waals surface area (Å²) in [5, 5.41) is 3.31. The lowest BCUT2D eigenvalue weighted by Crippen LogP contribution is -2.18. The maximum Gasteiger partial charge on any atom is 0.254 e. The van der Waals surface area contributed by atoms with E-state index in [2.05, 4.69) is 15.3 Å². The molecule has 6 heteroatoms. The second kappa shape index (κ2) is 7.26. The molecule has 0 fully saturated rings. The fraction of sp³-hybridized carbons (Fsp3) is 0.312. The highest BCUT2D eigenvalue weighted by Gasteiger charge is 2.09. The summed E-state index contributed by atoms with van der Waals surface area (Å²) < 4.78 is 0. The van der Waals surface area contributed by atoms with Crippen LogP contribution < -0.4 is 10.9 Å². The van der Waals surface area contributed by atoms with Crippen LogP contribution >= 0.6 is 11.8 Å². The molecule has 0 aliphatic heterocycles. The van der Waals surface area contributed by atoms with Crippen molar-refractivity contribution in [2.75, 3.05) is 11.1 Å². The van der Waals surface area contributed by atoms with Gasteiger partial charge in [-0.05, 0) is 38.0 Å². The van der Waals surface area contributed by atoms with Crippen molar-refractivity contribution < 1.29 is 4.79 Å². The van der Waals surface area contributed by atoms with E-state index in [-0.39, 0.29) is 17.2 Å². The maximum absolute atomic E-state index is 12.0. The van der Waals surface area contributed by atoms with Crippen molar-refractivity contribution in [2.45, 2.75) is 32.3 Å². The van der Waals surface area contributed by atoms with E-state index in [1.807, 2.05) is 38.1 Å². The molecule has 2 aromatic rings. The van der Waals surface area contributed by atoms with Crippen molar-refractivity contribution in [2.24, 2.45) is 0 Å². The third kappa shape index (κ3) is 4.21. The number of nitrogens with zero attached hydrogens (tertiary/aromatic N) is 1. The van der Waals surface area contributed by atoms with Crippen molar-refractivity contribution in [1.29, 1.82) is 0 Å². The number of rotatable bonds is 5. The largest absolute Gasteiger partial charge is 0.325 e. The number of carbonyl (C=O) groups excluding carboxylic acids is 1. The van der Waals surface area contributed by atoms with Crippen LogP contribution in [-0.4, -0.2) is 21.6 Å². The minimum absolute atomic E-state index is 0.128. The Kier molecular flexibility index (Phi) is 5.38. The van der Waals surface area contributed by atoms with Gasteiger partial charge in [0, 0.05) is 11.3 Å². The lowest BCUT2D eigenvalue weighted by atomic mass is 10.2.